The molecule has 0 N–H and O–H groups in total. The van der Waals surface area contributed by atoms with Crippen LogP contribution in [0.3, 0.4) is 0 Å². The van der Waals surface area contributed by atoms with Crippen LogP contribution in [0.2, 0.25) is 0 Å². The third kappa shape index (κ3) is 1.40. The number of fused-ring (bicyclic) bond motifs is 2. The predicted octanol–water partition coefficient (Wildman–Crippen LogP) is 3.33. The standard InChI is InChI=1S/C14H14S2/c1-15-11-7-3-5-9-13(11)16(2)14-10-6-4-8-12(14)15/h3-10H,1-2H3/q+2. The Hall–Kier alpha value is -0.860. The minimum atomic E-state index is 0.246. The molecule has 0 saturated carbocycles. The Morgan fingerprint density at radius 1 is 0.562 bits per heavy atom. The van der Waals surface area contributed by atoms with E-state index in [0.29, 0.717) is 0 Å². The van der Waals surface area contributed by atoms with Gasteiger partial charge >= 0.3 is 0 Å². The molecule has 2 heteroatoms. The van der Waals surface area contributed by atoms with E-state index in [1.54, 1.807) is 0 Å². The molecule has 2 aromatic carbocycles. The van der Waals surface area contributed by atoms with Crippen molar-refractivity contribution in [3.8, 4) is 0 Å². The number of benzene rings is 2. The van der Waals surface area contributed by atoms with E-state index >= 15 is 0 Å². The van der Waals surface area contributed by atoms with Crippen molar-refractivity contribution in [1.82, 2.24) is 0 Å². The molecule has 3 rings (SSSR count). The maximum Gasteiger partial charge on any atom is 0.215 e. The second kappa shape index (κ2) is 3.86. The molecular weight excluding hydrogens is 232 g/mol. The molecule has 80 valence electrons. The van der Waals surface area contributed by atoms with Crippen LogP contribution in [0.15, 0.2) is 68.1 Å². The van der Waals surface area contributed by atoms with Gasteiger partial charge in [-0.15, -0.1) is 0 Å². The topological polar surface area (TPSA) is 0 Å². The van der Waals surface area contributed by atoms with Gasteiger partial charge < -0.3 is 0 Å². The molecule has 0 unspecified atom stereocenters. The molecule has 16 heavy (non-hydrogen) atoms. The molecule has 0 spiro atoms. The zero-order chi connectivity index (χ0) is 11.1. The number of rotatable bonds is 0. The first-order valence-electron chi connectivity index (χ1n) is 5.29. The SMILES string of the molecule is C[S+]1c2ccccc2[S+](C)c2ccccc21. The second-order valence-electron chi connectivity index (χ2n) is 3.91. The molecule has 0 aromatic heterocycles. The lowest BCUT2D eigenvalue weighted by Gasteiger charge is -2.14. The molecule has 0 saturated heterocycles. The van der Waals surface area contributed by atoms with E-state index in [1.165, 1.54) is 19.6 Å². The van der Waals surface area contributed by atoms with Crippen molar-refractivity contribution in [3.63, 3.8) is 0 Å². The quantitative estimate of drug-likeness (QED) is 0.626. The zero-order valence-corrected chi connectivity index (χ0v) is 11.1. The van der Waals surface area contributed by atoms with Crippen molar-refractivity contribution in [2.45, 2.75) is 19.6 Å². The monoisotopic (exact) mass is 246 g/mol. The summed E-state index contributed by atoms with van der Waals surface area (Å²) in [6.45, 7) is 0. The molecule has 0 radical (unpaired) electrons. The Kier molecular flexibility index (Phi) is 2.49. The summed E-state index contributed by atoms with van der Waals surface area (Å²) in [6, 6.07) is 17.8. The van der Waals surface area contributed by atoms with Gasteiger partial charge in [0, 0.05) is 0 Å². The minimum absolute atomic E-state index is 0.246. The highest BCUT2D eigenvalue weighted by Gasteiger charge is 2.42. The third-order valence-corrected chi connectivity index (χ3v) is 7.34. The molecule has 1 aliphatic heterocycles. The molecule has 1 aliphatic rings. The van der Waals surface area contributed by atoms with Gasteiger partial charge in [0.05, 0.1) is 21.8 Å². The fourth-order valence-electron chi connectivity index (χ4n) is 2.15. The molecular formula is C14H14S2+2. The zero-order valence-electron chi connectivity index (χ0n) is 9.44. The highest BCUT2D eigenvalue weighted by Crippen LogP contribution is 2.39. The summed E-state index contributed by atoms with van der Waals surface area (Å²) in [6.07, 6.45) is 4.68. The van der Waals surface area contributed by atoms with Gasteiger partial charge in [-0.1, -0.05) is 24.3 Å². The van der Waals surface area contributed by atoms with Gasteiger partial charge in [-0.05, 0) is 24.3 Å². The van der Waals surface area contributed by atoms with Crippen LogP contribution in [0.4, 0.5) is 0 Å². The lowest BCUT2D eigenvalue weighted by molar-refractivity contribution is 1.12. The summed E-state index contributed by atoms with van der Waals surface area (Å²) in [7, 11) is 0.492. The first-order valence-corrected chi connectivity index (χ1v) is 8.55. The molecule has 0 nitrogen and oxygen atoms in total. The lowest BCUT2D eigenvalue weighted by Crippen LogP contribution is -2.18. The molecule has 0 aliphatic carbocycles. The van der Waals surface area contributed by atoms with Crippen LogP contribution >= 0.6 is 0 Å². The molecule has 1 heterocycles. The summed E-state index contributed by atoms with van der Waals surface area (Å²) in [4.78, 5) is 6.14. The Balaban J connectivity index is 2.26. The Bertz CT molecular complexity index is 438. The summed E-state index contributed by atoms with van der Waals surface area (Å²) in [5.41, 5.74) is 0. The molecule has 0 atom stereocenters. The van der Waals surface area contributed by atoms with Crippen molar-refractivity contribution in [3.05, 3.63) is 48.5 Å². The highest BCUT2D eigenvalue weighted by atomic mass is 32.2. The maximum atomic E-state index is 2.34. The Labute approximate surface area is 102 Å². The van der Waals surface area contributed by atoms with Crippen LogP contribution in [-0.4, -0.2) is 12.5 Å². The van der Waals surface area contributed by atoms with Gasteiger partial charge in [0.2, 0.25) is 19.6 Å². The Morgan fingerprint density at radius 2 is 0.812 bits per heavy atom. The van der Waals surface area contributed by atoms with Gasteiger partial charge in [-0.3, -0.25) is 0 Å². The number of hydrogen-bond donors (Lipinski definition) is 0. The van der Waals surface area contributed by atoms with E-state index in [4.69, 9.17) is 0 Å². The van der Waals surface area contributed by atoms with Crippen LogP contribution in [0.5, 0.6) is 0 Å². The van der Waals surface area contributed by atoms with Crippen molar-refractivity contribution in [2.75, 3.05) is 12.5 Å². The largest absolute Gasteiger partial charge is 0.215 e. The molecule has 2 aromatic rings. The summed E-state index contributed by atoms with van der Waals surface area (Å²) in [5, 5.41) is 0. The van der Waals surface area contributed by atoms with E-state index in [2.05, 4.69) is 61.0 Å². The second-order valence-corrected chi connectivity index (χ2v) is 7.71. The minimum Gasteiger partial charge on any atom is -0.0569 e. The van der Waals surface area contributed by atoms with Gasteiger partial charge in [0.25, 0.3) is 0 Å². The third-order valence-electron chi connectivity index (χ3n) is 3.02. The van der Waals surface area contributed by atoms with E-state index < -0.39 is 0 Å². The van der Waals surface area contributed by atoms with Crippen molar-refractivity contribution >= 4 is 21.8 Å². The average Bonchev–Trinajstić information content (AvgIpc) is 2.36. The van der Waals surface area contributed by atoms with Crippen molar-refractivity contribution in [1.29, 1.82) is 0 Å². The van der Waals surface area contributed by atoms with Crippen LogP contribution in [0.25, 0.3) is 0 Å². The van der Waals surface area contributed by atoms with Crippen LogP contribution in [0.1, 0.15) is 0 Å². The fourth-order valence-corrected chi connectivity index (χ4v) is 6.73. The van der Waals surface area contributed by atoms with Crippen molar-refractivity contribution < 1.29 is 0 Å². The van der Waals surface area contributed by atoms with Gasteiger partial charge in [-0.2, -0.15) is 0 Å². The smallest absolute Gasteiger partial charge is 0.0569 e. The lowest BCUT2D eigenvalue weighted by atomic mass is 10.3. The number of hydrogen-bond acceptors (Lipinski definition) is 0. The predicted molar refractivity (Wildman–Crippen MR) is 72.5 cm³/mol. The summed E-state index contributed by atoms with van der Waals surface area (Å²) >= 11 is 0. The van der Waals surface area contributed by atoms with E-state index in [1.807, 2.05) is 0 Å². The summed E-state index contributed by atoms with van der Waals surface area (Å²) < 4.78 is 0. The van der Waals surface area contributed by atoms with E-state index in [-0.39, 0.29) is 21.8 Å². The van der Waals surface area contributed by atoms with Crippen LogP contribution in [0, 0.1) is 0 Å². The van der Waals surface area contributed by atoms with Crippen LogP contribution in [-0.2, 0) is 21.8 Å². The van der Waals surface area contributed by atoms with Gasteiger partial charge in [-0.25, -0.2) is 0 Å². The van der Waals surface area contributed by atoms with Gasteiger partial charge in [0.15, 0.2) is 0 Å². The van der Waals surface area contributed by atoms with Crippen molar-refractivity contribution in [2.24, 2.45) is 0 Å². The first-order chi connectivity index (χ1) is 7.79. The highest BCUT2D eigenvalue weighted by molar-refractivity contribution is 8.02. The maximum absolute atomic E-state index is 2.34. The van der Waals surface area contributed by atoms with Crippen LogP contribution < -0.4 is 0 Å². The molecule has 0 bridgehead atoms. The Morgan fingerprint density at radius 3 is 1.06 bits per heavy atom. The average molecular weight is 246 g/mol. The fraction of sp³-hybridized carbons (Fsp3) is 0.143. The summed E-state index contributed by atoms with van der Waals surface area (Å²) in [5.74, 6) is 0. The van der Waals surface area contributed by atoms with Gasteiger partial charge in [0.1, 0.15) is 12.5 Å². The molecule has 0 fully saturated rings. The normalized spacial score (nSPS) is 22.4. The van der Waals surface area contributed by atoms with E-state index in [0.717, 1.165) is 0 Å². The van der Waals surface area contributed by atoms with E-state index in [9.17, 15) is 0 Å². The molecule has 0 amide bonds. The first kappa shape index (κ1) is 10.3.